The molecule has 0 saturated carbocycles. The molecule has 0 aliphatic rings. The zero-order valence-corrected chi connectivity index (χ0v) is 11.9. The number of hydrogen-bond donors (Lipinski definition) is 1. The number of benzene rings is 1. The molecule has 0 radical (unpaired) electrons. The van der Waals surface area contributed by atoms with E-state index in [1.54, 1.807) is 30.3 Å². The van der Waals surface area contributed by atoms with Crippen LogP contribution in [0.5, 0.6) is 0 Å². The highest BCUT2D eigenvalue weighted by Gasteiger charge is 2.16. The summed E-state index contributed by atoms with van der Waals surface area (Å²) in [7, 11) is -3.36. The molecule has 1 aromatic carbocycles. The molecule has 0 fully saturated rings. The van der Waals surface area contributed by atoms with Gasteiger partial charge < -0.3 is 0 Å². The molecule has 0 spiro atoms. The van der Waals surface area contributed by atoms with E-state index in [1.807, 2.05) is 18.7 Å². The van der Waals surface area contributed by atoms with Crippen molar-refractivity contribution in [2.75, 3.05) is 11.5 Å². The average molecular weight is 273 g/mol. The fraction of sp³-hybridized carbons (Fsp3) is 0.500. The number of hydrogen-bond acceptors (Lipinski definition) is 3. The van der Waals surface area contributed by atoms with Crippen LogP contribution < -0.4 is 4.72 Å². The van der Waals surface area contributed by atoms with E-state index < -0.39 is 10.0 Å². The second-order valence-corrected chi connectivity index (χ2v) is 6.93. The van der Waals surface area contributed by atoms with Crippen LogP contribution in [0.3, 0.4) is 0 Å². The zero-order chi connectivity index (χ0) is 12.7. The minimum atomic E-state index is -3.36. The van der Waals surface area contributed by atoms with Gasteiger partial charge in [0.25, 0.3) is 0 Å². The van der Waals surface area contributed by atoms with Crippen molar-refractivity contribution in [2.24, 2.45) is 0 Å². The lowest BCUT2D eigenvalue weighted by Crippen LogP contribution is -2.32. The van der Waals surface area contributed by atoms with Gasteiger partial charge in [0.1, 0.15) is 0 Å². The van der Waals surface area contributed by atoms with Crippen LogP contribution in [0.2, 0.25) is 0 Å². The van der Waals surface area contributed by atoms with Crippen LogP contribution in [-0.2, 0) is 10.0 Å². The van der Waals surface area contributed by atoms with Gasteiger partial charge in [0, 0.05) is 6.04 Å². The molecule has 0 aliphatic carbocycles. The van der Waals surface area contributed by atoms with Crippen molar-refractivity contribution in [1.29, 1.82) is 0 Å². The van der Waals surface area contributed by atoms with Crippen molar-refractivity contribution in [3.05, 3.63) is 30.3 Å². The number of thioether (sulfide) groups is 1. The third-order valence-electron chi connectivity index (χ3n) is 2.31. The van der Waals surface area contributed by atoms with Gasteiger partial charge in [-0.1, -0.05) is 25.1 Å². The van der Waals surface area contributed by atoms with E-state index in [0.29, 0.717) is 4.90 Å². The van der Waals surface area contributed by atoms with Crippen molar-refractivity contribution < 1.29 is 8.42 Å². The Labute approximate surface area is 108 Å². The summed E-state index contributed by atoms with van der Waals surface area (Å²) in [6.07, 6.45) is 0.852. The highest BCUT2D eigenvalue weighted by atomic mass is 32.2. The topological polar surface area (TPSA) is 46.2 Å². The van der Waals surface area contributed by atoms with Gasteiger partial charge in [0.2, 0.25) is 10.0 Å². The summed E-state index contributed by atoms with van der Waals surface area (Å²) in [5, 5.41) is 0. The molecule has 0 unspecified atom stereocenters. The molecule has 0 saturated heterocycles. The third-order valence-corrected chi connectivity index (χ3v) is 4.85. The summed E-state index contributed by atoms with van der Waals surface area (Å²) in [6.45, 7) is 4.00. The lowest BCUT2D eigenvalue weighted by Gasteiger charge is -2.13. The summed E-state index contributed by atoms with van der Waals surface area (Å²) in [6, 6.07) is 8.45. The number of sulfonamides is 1. The Hall–Kier alpha value is -0.520. The van der Waals surface area contributed by atoms with E-state index in [2.05, 4.69) is 11.6 Å². The predicted molar refractivity (Wildman–Crippen MR) is 73.8 cm³/mol. The maximum absolute atomic E-state index is 12.0. The Morgan fingerprint density at radius 1 is 1.29 bits per heavy atom. The first kappa shape index (κ1) is 14.5. The molecule has 0 amide bonds. The summed E-state index contributed by atoms with van der Waals surface area (Å²) in [5.41, 5.74) is 0. The van der Waals surface area contributed by atoms with Crippen molar-refractivity contribution in [1.82, 2.24) is 4.72 Å². The van der Waals surface area contributed by atoms with Gasteiger partial charge in [-0.3, -0.25) is 0 Å². The molecule has 5 heteroatoms. The van der Waals surface area contributed by atoms with Gasteiger partial charge >= 0.3 is 0 Å². The first-order chi connectivity index (χ1) is 8.06. The van der Waals surface area contributed by atoms with Gasteiger partial charge in [-0.25, -0.2) is 13.1 Å². The highest BCUT2D eigenvalue weighted by molar-refractivity contribution is 7.99. The summed E-state index contributed by atoms with van der Waals surface area (Å²) >= 11 is 1.82. The molecule has 17 heavy (non-hydrogen) atoms. The lowest BCUT2D eigenvalue weighted by molar-refractivity contribution is 0.557. The first-order valence-electron chi connectivity index (χ1n) is 5.71. The Morgan fingerprint density at radius 2 is 1.94 bits per heavy atom. The Balaban J connectivity index is 2.55. The second-order valence-electron chi connectivity index (χ2n) is 3.82. The highest BCUT2D eigenvalue weighted by Crippen LogP contribution is 2.10. The Bertz CT molecular complexity index is 417. The van der Waals surface area contributed by atoms with E-state index in [-0.39, 0.29) is 6.04 Å². The normalized spacial score (nSPS) is 13.5. The second kappa shape index (κ2) is 7.03. The molecule has 3 nitrogen and oxygen atoms in total. The summed E-state index contributed by atoms with van der Waals surface area (Å²) in [5.74, 6) is 2.05. The van der Waals surface area contributed by atoms with Crippen molar-refractivity contribution in [3.8, 4) is 0 Å². The fourth-order valence-electron chi connectivity index (χ4n) is 1.40. The van der Waals surface area contributed by atoms with E-state index in [9.17, 15) is 8.42 Å². The average Bonchev–Trinajstić information content (AvgIpc) is 2.30. The lowest BCUT2D eigenvalue weighted by atomic mass is 10.3. The molecule has 1 atom stereocenters. The Kier molecular flexibility index (Phi) is 6.02. The van der Waals surface area contributed by atoms with Gasteiger partial charge in [0.05, 0.1) is 4.90 Å². The van der Waals surface area contributed by atoms with Crippen LogP contribution in [-0.4, -0.2) is 26.0 Å². The summed E-state index contributed by atoms with van der Waals surface area (Å²) in [4.78, 5) is 0.329. The molecule has 0 aromatic heterocycles. The molecule has 1 N–H and O–H groups in total. The van der Waals surface area contributed by atoms with Gasteiger partial charge in [0.15, 0.2) is 0 Å². The van der Waals surface area contributed by atoms with E-state index in [1.165, 1.54) is 0 Å². The maximum atomic E-state index is 12.0. The van der Waals surface area contributed by atoms with Crippen molar-refractivity contribution in [3.63, 3.8) is 0 Å². The van der Waals surface area contributed by atoms with Crippen LogP contribution >= 0.6 is 11.8 Å². The number of rotatable bonds is 7. The first-order valence-corrected chi connectivity index (χ1v) is 8.35. The van der Waals surface area contributed by atoms with E-state index >= 15 is 0 Å². The largest absolute Gasteiger partial charge is 0.240 e. The molecule has 0 aliphatic heterocycles. The SMILES string of the molecule is CCSCC[C@@H](C)NS(=O)(=O)c1ccccc1. The fourth-order valence-corrected chi connectivity index (χ4v) is 3.50. The smallest absolute Gasteiger partial charge is 0.208 e. The maximum Gasteiger partial charge on any atom is 0.240 e. The van der Waals surface area contributed by atoms with E-state index in [0.717, 1.165) is 17.9 Å². The molecule has 0 heterocycles. The van der Waals surface area contributed by atoms with Crippen LogP contribution in [0.25, 0.3) is 0 Å². The molecule has 0 bridgehead atoms. The number of nitrogens with one attached hydrogen (secondary N) is 1. The van der Waals surface area contributed by atoms with Gasteiger partial charge in [-0.15, -0.1) is 0 Å². The minimum absolute atomic E-state index is 0.0285. The third kappa shape index (κ3) is 5.10. The molecule has 96 valence electrons. The molecule has 1 rings (SSSR count). The minimum Gasteiger partial charge on any atom is -0.208 e. The molecular weight excluding hydrogens is 254 g/mol. The zero-order valence-electron chi connectivity index (χ0n) is 10.2. The predicted octanol–water partition coefficient (Wildman–Crippen LogP) is 2.50. The standard InChI is InChI=1S/C12H19NO2S2/c1-3-16-10-9-11(2)13-17(14,15)12-7-5-4-6-8-12/h4-8,11,13H,3,9-10H2,1-2H3/t11-/m1/s1. The van der Waals surface area contributed by atoms with Gasteiger partial charge in [-0.05, 0) is 37.0 Å². The van der Waals surface area contributed by atoms with Crippen molar-refractivity contribution >= 4 is 21.8 Å². The quantitative estimate of drug-likeness (QED) is 0.776. The van der Waals surface area contributed by atoms with Crippen LogP contribution in [0, 0.1) is 0 Å². The van der Waals surface area contributed by atoms with Crippen LogP contribution in [0.1, 0.15) is 20.3 Å². The van der Waals surface area contributed by atoms with E-state index in [4.69, 9.17) is 0 Å². The Morgan fingerprint density at radius 3 is 2.53 bits per heavy atom. The van der Waals surface area contributed by atoms with Crippen molar-refractivity contribution in [2.45, 2.75) is 31.2 Å². The molecular formula is C12H19NO2S2. The van der Waals surface area contributed by atoms with Crippen LogP contribution in [0.15, 0.2) is 35.2 Å². The summed E-state index contributed by atoms with van der Waals surface area (Å²) < 4.78 is 26.6. The molecule has 1 aromatic rings. The van der Waals surface area contributed by atoms with Crippen LogP contribution in [0.4, 0.5) is 0 Å². The van der Waals surface area contributed by atoms with Gasteiger partial charge in [-0.2, -0.15) is 11.8 Å². The monoisotopic (exact) mass is 273 g/mol.